The Kier molecular flexibility index (Phi) is 4.22. The van der Waals surface area contributed by atoms with Gasteiger partial charge in [0.2, 0.25) is 0 Å². The summed E-state index contributed by atoms with van der Waals surface area (Å²) >= 11 is 1.66. The summed E-state index contributed by atoms with van der Waals surface area (Å²) < 4.78 is 0. The number of rotatable bonds is 5. The molecule has 1 aromatic carbocycles. The lowest BCUT2D eigenvalue weighted by atomic mass is 10.1. The van der Waals surface area contributed by atoms with Crippen LogP contribution in [0.25, 0.3) is 10.2 Å². The molecule has 3 heterocycles. The molecule has 1 N–H and O–H groups in total. The van der Waals surface area contributed by atoms with E-state index in [0.717, 1.165) is 22.6 Å². The number of likely N-dealkylation sites (tertiary alicyclic amines) is 1. The van der Waals surface area contributed by atoms with Gasteiger partial charge >= 0.3 is 0 Å². The summed E-state index contributed by atoms with van der Waals surface area (Å²) in [6, 6.07) is 13.0. The Hall–Kier alpha value is -1.98. The van der Waals surface area contributed by atoms with E-state index in [-0.39, 0.29) is 6.04 Å². The predicted octanol–water partition coefficient (Wildman–Crippen LogP) is 3.94. The molecule has 3 aromatic rings. The first-order chi connectivity index (χ1) is 11.4. The number of hydrogen-bond donors (Lipinski definition) is 1. The van der Waals surface area contributed by atoms with Crippen molar-refractivity contribution in [2.75, 3.05) is 25.0 Å². The summed E-state index contributed by atoms with van der Waals surface area (Å²) in [5.74, 6) is 0.935. The lowest BCUT2D eigenvalue weighted by Gasteiger charge is -2.25. The molecule has 0 bridgehead atoms. The van der Waals surface area contributed by atoms with Gasteiger partial charge in [0.25, 0.3) is 0 Å². The van der Waals surface area contributed by atoms with Crippen LogP contribution in [0.15, 0.2) is 48.1 Å². The van der Waals surface area contributed by atoms with E-state index in [9.17, 15) is 0 Å². The van der Waals surface area contributed by atoms with E-state index >= 15 is 0 Å². The zero-order valence-corrected chi connectivity index (χ0v) is 13.8. The molecule has 0 aliphatic carbocycles. The fourth-order valence-corrected chi connectivity index (χ4v) is 3.95. The Balaban J connectivity index is 1.63. The molecule has 1 aliphatic rings. The van der Waals surface area contributed by atoms with Crippen LogP contribution in [0, 0.1) is 0 Å². The zero-order valence-electron chi connectivity index (χ0n) is 13.0. The monoisotopic (exact) mass is 324 g/mol. The van der Waals surface area contributed by atoms with Crippen LogP contribution in [0.5, 0.6) is 0 Å². The Morgan fingerprint density at radius 3 is 2.74 bits per heavy atom. The third-order valence-electron chi connectivity index (χ3n) is 4.41. The molecule has 5 heteroatoms. The smallest absolute Gasteiger partial charge is 0.138 e. The molecular weight excluding hydrogens is 304 g/mol. The predicted molar refractivity (Wildman–Crippen MR) is 95.9 cm³/mol. The molecule has 4 nitrogen and oxygen atoms in total. The van der Waals surface area contributed by atoms with Gasteiger partial charge in [-0.2, -0.15) is 0 Å². The van der Waals surface area contributed by atoms with Crippen molar-refractivity contribution in [1.82, 2.24) is 14.9 Å². The summed E-state index contributed by atoms with van der Waals surface area (Å²) in [7, 11) is 0. The fourth-order valence-electron chi connectivity index (χ4n) is 3.21. The Morgan fingerprint density at radius 1 is 1.09 bits per heavy atom. The molecule has 1 saturated heterocycles. The van der Waals surface area contributed by atoms with Crippen molar-refractivity contribution in [3.05, 3.63) is 53.7 Å². The van der Waals surface area contributed by atoms with Crippen molar-refractivity contribution in [2.45, 2.75) is 18.9 Å². The number of aromatic nitrogens is 2. The molecule has 0 spiro atoms. The molecule has 0 radical (unpaired) electrons. The second kappa shape index (κ2) is 6.64. The Labute approximate surface area is 140 Å². The lowest BCUT2D eigenvalue weighted by molar-refractivity contribution is 0.323. The molecule has 1 unspecified atom stereocenters. The van der Waals surface area contributed by atoms with E-state index in [1.807, 2.05) is 0 Å². The van der Waals surface area contributed by atoms with Gasteiger partial charge in [0.05, 0.1) is 11.4 Å². The molecule has 2 aromatic heterocycles. The largest absolute Gasteiger partial charge is 0.361 e. The van der Waals surface area contributed by atoms with Crippen molar-refractivity contribution in [1.29, 1.82) is 0 Å². The summed E-state index contributed by atoms with van der Waals surface area (Å²) in [4.78, 5) is 12.4. The molecule has 0 saturated carbocycles. The van der Waals surface area contributed by atoms with Crippen LogP contribution in [0.4, 0.5) is 5.82 Å². The average molecular weight is 324 g/mol. The van der Waals surface area contributed by atoms with Crippen molar-refractivity contribution >= 4 is 27.4 Å². The topological polar surface area (TPSA) is 41.0 Å². The number of benzene rings is 1. The summed E-state index contributed by atoms with van der Waals surface area (Å²) in [5, 5.41) is 6.85. The van der Waals surface area contributed by atoms with Crippen molar-refractivity contribution in [3.8, 4) is 0 Å². The van der Waals surface area contributed by atoms with Crippen LogP contribution in [0.1, 0.15) is 24.4 Å². The number of nitrogens with one attached hydrogen (secondary N) is 1. The highest BCUT2D eigenvalue weighted by Gasteiger charge is 2.20. The molecule has 118 valence electrons. The average Bonchev–Trinajstić information content (AvgIpc) is 3.27. The van der Waals surface area contributed by atoms with Gasteiger partial charge in [0, 0.05) is 6.54 Å². The maximum atomic E-state index is 4.48. The first kappa shape index (κ1) is 14.6. The van der Waals surface area contributed by atoms with Gasteiger partial charge in [-0.15, -0.1) is 11.3 Å². The van der Waals surface area contributed by atoms with E-state index in [2.05, 4.69) is 62.0 Å². The molecular formula is C18H20N4S. The van der Waals surface area contributed by atoms with Gasteiger partial charge in [0.1, 0.15) is 17.0 Å². The van der Waals surface area contributed by atoms with E-state index < -0.39 is 0 Å². The van der Waals surface area contributed by atoms with E-state index in [4.69, 9.17) is 0 Å². The number of anilines is 1. The molecule has 1 atom stereocenters. The molecule has 1 aliphatic heterocycles. The highest BCUT2D eigenvalue weighted by atomic mass is 32.1. The van der Waals surface area contributed by atoms with Crippen LogP contribution in [-0.4, -0.2) is 34.5 Å². The molecule has 1 fully saturated rings. The minimum absolute atomic E-state index is 0.243. The van der Waals surface area contributed by atoms with Gasteiger partial charge in [0.15, 0.2) is 0 Å². The maximum absolute atomic E-state index is 4.48. The highest BCUT2D eigenvalue weighted by Crippen LogP contribution is 2.28. The van der Waals surface area contributed by atoms with Crippen molar-refractivity contribution in [2.24, 2.45) is 0 Å². The first-order valence-electron chi connectivity index (χ1n) is 8.12. The number of hydrogen-bond acceptors (Lipinski definition) is 5. The van der Waals surface area contributed by atoms with Crippen LogP contribution < -0.4 is 5.32 Å². The normalized spacial score (nSPS) is 16.7. The lowest BCUT2D eigenvalue weighted by Crippen LogP contribution is -2.29. The zero-order chi connectivity index (χ0) is 15.5. The van der Waals surface area contributed by atoms with Crippen LogP contribution >= 0.6 is 11.3 Å². The standard InChI is InChI=1S/C18H20N4S/c1-2-6-14(7-3-1)16(12-22-9-4-5-10-22)21-17-15-8-11-23-18(15)20-13-19-17/h1-3,6-8,11,13,16H,4-5,9-10,12H2,(H,19,20,21). The quantitative estimate of drug-likeness (QED) is 0.772. The van der Waals surface area contributed by atoms with Crippen LogP contribution in [0.3, 0.4) is 0 Å². The Morgan fingerprint density at radius 2 is 1.91 bits per heavy atom. The van der Waals surface area contributed by atoms with Gasteiger partial charge < -0.3 is 10.2 Å². The molecule has 0 amide bonds. The minimum atomic E-state index is 0.243. The third-order valence-corrected chi connectivity index (χ3v) is 5.23. The maximum Gasteiger partial charge on any atom is 0.138 e. The van der Waals surface area contributed by atoms with Gasteiger partial charge in [-0.3, -0.25) is 0 Å². The second-order valence-corrected chi connectivity index (χ2v) is 6.87. The van der Waals surface area contributed by atoms with Crippen LogP contribution in [0.2, 0.25) is 0 Å². The number of nitrogens with zero attached hydrogens (tertiary/aromatic N) is 3. The van der Waals surface area contributed by atoms with E-state index in [1.54, 1.807) is 17.7 Å². The third kappa shape index (κ3) is 3.21. The fraction of sp³-hybridized carbons (Fsp3) is 0.333. The van der Waals surface area contributed by atoms with Gasteiger partial charge in [-0.05, 0) is 42.9 Å². The van der Waals surface area contributed by atoms with Gasteiger partial charge in [-0.1, -0.05) is 30.3 Å². The number of thiophene rings is 1. The van der Waals surface area contributed by atoms with Gasteiger partial charge in [-0.25, -0.2) is 9.97 Å². The number of fused-ring (bicyclic) bond motifs is 1. The van der Waals surface area contributed by atoms with Crippen LogP contribution in [-0.2, 0) is 0 Å². The van der Waals surface area contributed by atoms with E-state index in [0.29, 0.717) is 0 Å². The summed E-state index contributed by atoms with van der Waals surface area (Å²) in [6.07, 6.45) is 4.27. The van der Waals surface area contributed by atoms with E-state index in [1.165, 1.54) is 31.5 Å². The minimum Gasteiger partial charge on any atom is -0.361 e. The second-order valence-electron chi connectivity index (χ2n) is 5.98. The van der Waals surface area contributed by atoms with Crippen molar-refractivity contribution in [3.63, 3.8) is 0 Å². The van der Waals surface area contributed by atoms with Crippen molar-refractivity contribution < 1.29 is 0 Å². The first-order valence-corrected chi connectivity index (χ1v) is 9.00. The SMILES string of the molecule is c1ccc(C(CN2CCCC2)Nc2ncnc3sccc23)cc1. The Bertz CT molecular complexity index is 765. The summed E-state index contributed by atoms with van der Waals surface area (Å²) in [6.45, 7) is 3.41. The highest BCUT2D eigenvalue weighted by molar-refractivity contribution is 7.16. The molecule has 4 rings (SSSR count). The summed E-state index contributed by atoms with van der Waals surface area (Å²) in [5.41, 5.74) is 1.31. The molecule has 23 heavy (non-hydrogen) atoms.